The van der Waals surface area contributed by atoms with Gasteiger partial charge in [0.15, 0.2) is 5.78 Å². The number of Topliss-reactive ketones (excluding diaryl/α,β-unsaturated/α-hetero) is 1. The molecule has 1 aromatic heterocycles. The number of hydrogen-bond acceptors (Lipinski definition) is 4. The lowest BCUT2D eigenvalue weighted by Gasteiger charge is -2.33. The molecule has 150 valence electrons. The highest BCUT2D eigenvalue weighted by Crippen LogP contribution is 2.46. The molecular weight excluding hydrogens is 392 g/mol. The summed E-state index contributed by atoms with van der Waals surface area (Å²) in [4.78, 5) is 29.8. The summed E-state index contributed by atoms with van der Waals surface area (Å²) >= 11 is 1.58. The second-order valence-electron chi connectivity index (χ2n) is 7.77. The van der Waals surface area contributed by atoms with Gasteiger partial charge in [-0.2, -0.15) is 0 Å². The van der Waals surface area contributed by atoms with Crippen LogP contribution >= 0.6 is 11.3 Å². The number of anilines is 2. The van der Waals surface area contributed by atoms with Gasteiger partial charge in [-0.25, -0.2) is 0 Å². The van der Waals surface area contributed by atoms with Crippen molar-refractivity contribution in [3.8, 4) is 0 Å². The number of carbonyl (C=O) groups excluding carboxylic acids is 2. The van der Waals surface area contributed by atoms with Crippen LogP contribution in [0.1, 0.15) is 46.1 Å². The van der Waals surface area contributed by atoms with E-state index in [1.807, 2.05) is 77.9 Å². The summed E-state index contributed by atoms with van der Waals surface area (Å²) in [5, 5.41) is 5.50. The van der Waals surface area contributed by atoms with Crippen LogP contribution in [0.5, 0.6) is 0 Å². The van der Waals surface area contributed by atoms with Crippen molar-refractivity contribution in [1.29, 1.82) is 0 Å². The maximum absolute atomic E-state index is 13.9. The van der Waals surface area contributed by atoms with Crippen LogP contribution < -0.4 is 10.2 Å². The number of allylic oxidation sites excluding steroid dienone is 1. The molecule has 0 radical (unpaired) electrons. The van der Waals surface area contributed by atoms with Crippen molar-refractivity contribution in [2.75, 3.05) is 10.2 Å². The van der Waals surface area contributed by atoms with Crippen molar-refractivity contribution in [2.45, 2.75) is 32.2 Å². The maximum Gasteiger partial charge on any atom is 0.259 e. The van der Waals surface area contributed by atoms with E-state index in [1.54, 1.807) is 11.3 Å². The van der Waals surface area contributed by atoms with Gasteiger partial charge in [0.1, 0.15) is 6.04 Å². The van der Waals surface area contributed by atoms with Gasteiger partial charge in [-0.1, -0.05) is 35.9 Å². The average Bonchev–Trinajstić information content (AvgIpc) is 3.23. The normalized spacial score (nSPS) is 18.4. The van der Waals surface area contributed by atoms with E-state index >= 15 is 0 Å². The molecule has 0 unspecified atom stereocenters. The Morgan fingerprint density at radius 3 is 2.60 bits per heavy atom. The number of hydrogen-bond donors (Lipinski definition) is 1. The molecule has 0 fully saturated rings. The van der Waals surface area contributed by atoms with Crippen LogP contribution in [-0.4, -0.2) is 11.7 Å². The van der Waals surface area contributed by atoms with Crippen molar-refractivity contribution < 1.29 is 9.59 Å². The standard InChI is InChI=1S/C25H22N2O2S/c1-16-11-13-17(14-12-16)25(29)27-20-8-3-2-6-18(20)26-19-7-4-9-21(28)23(19)24(27)22-10-5-15-30-22/h2-3,5-6,8,10-15,24,26H,4,7,9H2,1H3/t24-/m0/s1. The number of carbonyl (C=O) groups is 2. The Kier molecular flexibility index (Phi) is 4.75. The Hall–Kier alpha value is -3.18. The molecule has 5 rings (SSSR count). The van der Waals surface area contributed by atoms with Crippen molar-refractivity contribution >= 4 is 34.4 Å². The largest absolute Gasteiger partial charge is 0.357 e. The summed E-state index contributed by atoms with van der Waals surface area (Å²) in [6.45, 7) is 2.01. The Morgan fingerprint density at radius 2 is 1.83 bits per heavy atom. The SMILES string of the molecule is Cc1ccc(C(=O)N2c3ccccc3NC3=C(C(=O)CCC3)[C@@H]2c2cccs2)cc1. The second kappa shape index (κ2) is 7.58. The fourth-order valence-corrected chi connectivity index (χ4v) is 5.13. The molecule has 0 saturated carbocycles. The van der Waals surface area contributed by atoms with Gasteiger partial charge >= 0.3 is 0 Å². The minimum Gasteiger partial charge on any atom is -0.357 e. The molecular formula is C25H22N2O2S. The summed E-state index contributed by atoms with van der Waals surface area (Å²) in [5.74, 6) is 0.0198. The number of aryl methyl sites for hydroxylation is 1. The lowest BCUT2D eigenvalue weighted by atomic mass is 9.88. The monoisotopic (exact) mass is 414 g/mol. The topological polar surface area (TPSA) is 49.4 Å². The minimum atomic E-state index is -0.433. The molecule has 1 amide bonds. The van der Waals surface area contributed by atoms with E-state index in [0.29, 0.717) is 12.0 Å². The van der Waals surface area contributed by atoms with E-state index in [1.165, 1.54) is 0 Å². The van der Waals surface area contributed by atoms with Gasteiger partial charge in [-0.3, -0.25) is 14.5 Å². The Balaban J connectivity index is 1.76. The summed E-state index contributed by atoms with van der Waals surface area (Å²) in [6.07, 6.45) is 2.16. The fraction of sp³-hybridized carbons (Fsp3) is 0.200. The second-order valence-corrected chi connectivity index (χ2v) is 8.75. The van der Waals surface area contributed by atoms with Gasteiger partial charge in [0, 0.05) is 28.1 Å². The number of ketones is 1. The Morgan fingerprint density at radius 1 is 1.03 bits per heavy atom. The van der Waals surface area contributed by atoms with E-state index in [-0.39, 0.29) is 11.7 Å². The molecule has 2 heterocycles. The predicted octanol–water partition coefficient (Wildman–Crippen LogP) is 5.88. The first-order chi connectivity index (χ1) is 14.6. The van der Waals surface area contributed by atoms with E-state index in [4.69, 9.17) is 0 Å². The third kappa shape index (κ3) is 3.15. The van der Waals surface area contributed by atoms with Crippen molar-refractivity contribution in [1.82, 2.24) is 0 Å². The number of amides is 1. The number of benzene rings is 2. The van der Waals surface area contributed by atoms with Gasteiger partial charge in [0.05, 0.1) is 11.4 Å². The van der Waals surface area contributed by atoms with E-state index in [9.17, 15) is 9.59 Å². The molecule has 1 N–H and O–H groups in total. The highest BCUT2D eigenvalue weighted by atomic mass is 32.1. The number of para-hydroxylation sites is 2. The van der Waals surface area contributed by atoms with Crippen molar-refractivity contribution in [3.63, 3.8) is 0 Å². The first-order valence-electron chi connectivity index (χ1n) is 10.2. The number of nitrogens with one attached hydrogen (secondary N) is 1. The first kappa shape index (κ1) is 18.8. The molecule has 1 aliphatic heterocycles. The molecule has 1 aliphatic carbocycles. The van der Waals surface area contributed by atoms with Crippen LogP contribution in [0.4, 0.5) is 11.4 Å². The maximum atomic E-state index is 13.9. The molecule has 4 nitrogen and oxygen atoms in total. The number of rotatable bonds is 2. The molecule has 5 heteroatoms. The summed E-state index contributed by atoms with van der Waals surface area (Å²) in [7, 11) is 0. The molecule has 2 aliphatic rings. The molecule has 30 heavy (non-hydrogen) atoms. The van der Waals surface area contributed by atoms with E-state index in [2.05, 4.69) is 5.32 Å². The molecule has 1 atom stereocenters. The van der Waals surface area contributed by atoms with Crippen LogP contribution in [-0.2, 0) is 4.79 Å². The van der Waals surface area contributed by atoms with Crippen LogP contribution in [0.25, 0.3) is 0 Å². The highest BCUT2D eigenvalue weighted by molar-refractivity contribution is 7.10. The molecule has 0 spiro atoms. The molecule has 0 saturated heterocycles. The summed E-state index contributed by atoms with van der Waals surface area (Å²) in [6, 6.07) is 19.0. The zero-order valence-electron chi connectivity index (χ0n) is 16.7. The van der Waals surface area contributed by atoms with Crippen LogP contribution in [0.3, 0.4) is 0 Å². The molecule has 3 aromatic rings. The summed E-state index contributed by atoms with van der Waals surface area (Å²) < 4.78 is 0. The molecule has 0 bridgehead atoms. The van der Waals surface area contributed by atoms with Gasteiger partial charge in [0.2, 0.25) is 0 Å². The van der Waals surface area contributed by atoms with Crippen LogP contribution in [0.15, 0.2) is 77.3 Å². The quantitative estimate of drug-likeness (QED) is 0.570. The van der Waals surface area contributed by atoms with Gasteiger partial charge in [-0.15, -0.1) is 11.3 Å². The Bertz CT molecular complexity index is 1150. The zero-order valence-corrected chi connectivity index (χ0v) is 17.5. The third-order valence-corrected chi connectivity index (χ3v) is 6.69. The van der Waals surface area contributed by atoms with E-state index < -0.39 is 6.04 Å². The summed E-state index contributed by atoms with van der Waals surface area (Å²) in [5.41, 5.74) is 5.04. The van der Waals surface area contributed by atoms with Gasteiger partial charge < -0.3 is 5.32 Å². The fourth-order valence-electron chi connectivity index (χ4n) is 4.31. The average molecular weight is 415 g/mol. The smallest absolute Gasteiger partial charge is 0.259 e. The first-order valence-corrected chi connectivity index (χ1v) is 11.1. The third-order valence-electron chi connectivity index (χ3n) is 5.77. The predicted molar refractivity (Wildman–Crippen MR) is 121 cm³/mol. The number of thiophene rings is 1. The van der Waals surface area contributed by atoms with Gasteiger partial charge in [0.25, 0.3) is 5.91 Å². The Labute approximate surface area is 179 Å². The lowest BCUT2D eigenvalue weighted by Crippen LogP contribution is -2.37. The molecule has 2 aromatic carbocycles. The minimum absolute atomic E-state index is 0.102. The zero-order chi connectivity index (χ0) is 20.7. The van der Waals surface area contributed by atoms with Gasteiger partial charge in [-0.05, 0) is 55.5 Å². The van der Waals surface area contributed by atoms with E-state index in [0.717, 1.165) is 45.9 Å². The highest BCUT2D eigenvalue weighted by Gasteiger charge is 2.40. The number of nitrogens with zero attached hydrogens (tertiary/aromatic N) is 1. The lowest BCUT2D eigenvalue weighted by molar-refractivity contribution is -0.116. The van der Waals surface area contributed by atoms with Crippen molar-refractivity contribution in [2.24, 2.45) is 0 Å². The van der Waals surface area contributed by atoms with Crippen LogP contribution in [0, 0.1) is 6.92 Å². The van der Waals surface area contributed by atoms with Crippen LogP contribution in [0.2, 0.25) is 0 Å². The van der Waals surface area contributed by atoms with Crippen molar-refractivity contribution in [3.05, 3.63) is 93.3 Å². The number of fused-ring (bicyclic) bond motifs is 1.